The zero-order valence-corrected chi connectivity index (χ0v) is 31.0. The first kappa shape index (κ1) is 35.4. The van der Waals surface area contributed by atoms with Gasteiger partial charge in [0.25, 0.3) is 5.91 Å². The van der Waals surface area contributed by atoms with Gasteiger partial charge in [-0.15, -0.1) is 0 Å². The largest absolute Gasteiger partial charge is 0.493 e. The summed E-state index contributed by atoms with van der Waals surface area (Å²) in [6.07, 6.45) is 1.82. The van der Waals surface area contributed by atoms with Crippen molar-refractivity contribution in [2.45, 2.75) is 20.1 Å². The van der Waals surface area contributed by atoms with E-state index in [1.54, 1.807) is 60.5 Å². The van der Waals surface area contributed by atoms with Gasteiger partial charge < -0.3 is 18.9 Å². The Balaban J connectivity index is 1.23. The molecule has 1 aliphatic heterocycles. The molecule has 0 aromatic heterocycles. The van der Waals surface area contributed by atoms with Gasteiger partial charge in [-0.25, -0.2) is 4.99 Å². The highest BCUT2D eigenvalue weighted by Gasteiger charge is 2.35. The summed E-state index contributed by atoms with van der Waals surface area (Å²) in [5, 5.41) is 1.67. The third-order valence-corrected chi connectivity index (χ3v) is 9.48. The second-order valence-electron chi connectivity index (χ2n) is 10.9. The lowest BCUT2D eigenvalue weighted by Gasteiger charge is -2.16. The maximum Gasteiger partial charge on any atom is 0.271 e. The van der Waals surface area contributed by atoms with Gasteiger partial charge >= 0.3 is 0 Å². The first-order chi connectivity index (χ1) is 24.3. The third kappa shape index (κ3) is 8.65. The van der Waals surface area contributed by atoms with Gasteiger partial charge in [-0.05, 0) is 130 Å². The molecule has 0 saturated carbocycles. The lowest BCUT2D eigenvalue weighted by atomic mass is 10.1. The second-order valence-corrected chi connectivity index (χ2v) is 13.6. The van der Waals surface area contributed by atoms with E-state index in [1.807, 2.05) is 73.7 Å². The van der Waals surface area contributed by atoms with Crippen molar-refractivity contribution in [3.63, 3.8) is 0 Å². The van der Waals surface area contributed by atoms with Crippen molar-refractivity contribution < 1.29 is 23.7 Å². The Morgan fingerprint density at radius 2 is 1.48 bits per heavy atom. The van der Waals surface area contributed by atoms with E-state index >= 15 is 0 Å². The van der Waals surface area contributed by atoms with Crippen molar-refractivity contribution in [2.75, 3.05) is 18.6 Å². The molecule has 1 fully saturated rings. The number of rotatable bonds is 12. The van der Waals surface area contributed by atoms with Crippen LogP contribution in [0.15, 0.2) is 124 Å². The third-order valence-electron chi connectivity index (χ3n) is 7.42. The van der Waals surface area contributed by atoms with Crippen LogP contribution < -0.4 is 23.8 Å². The van der Waals surface area contributed by atoms with E-state index in [4.69, 9.17) is 47.1 Å². The summed E-state index contributed by atoms with van der Waals surface area (Å²) in [6, 6.07) is 33.6. The van der Waals surface area contributed by atoms with Crippen LogP contribution in [0.4, 0.5) is 11.4 Å². The molecule has 254 valence electrons. The molecule has 0 aliphatic carbocycles. The molecule has 1 aliphatic rings. The topological polar surface area (TPSA) is 69.6 Å². The van der Waals surface area contributed by atoms with E-state index in [0.29, 0.717) is 72.2 Å². The van der Waals surface area contributed by atoms with Gasteiger partial charge in [0.05, 0.1) is 34.5 Å². The molecule has 0 atom stereocenters. The van der Waals surface area contributed by atoms with Crippen LogP contribution in [0.2, 0.25) is 10.0 Å². The van der Waals surface area contributed by atoms with E-state index in [1.165, 1.54) is 11.8 Å². The summed E-state index contributed by atoms with van der Waals surface area (Å²) in [5.74, 6) is 2.10. The van der Waals surface area contributed by atoms with Gasteiger partial charge in [0, 0.05) is 10.0 Å². The van der Waals surface area contributed by atoms with Gasteiger partial charge in [0.15, 0.2) is 28.2 Å². The molecule has 0 spiro atoms. The second kappa shape index (κ2) is 16.5. The number of halogens is 3. The Kier molecular flexibility index (Phi) is 11.7. The van der Waals surface area contributed by atoms with Gasteiger partial charge in [-0.1, -0.05) is 59.6 Å². The van der Waals surface area contributed by atoms with Gasteiger partial charge in [-0.2, -0.15) is 0 Å². The average molecular weight is 791 g/mol. The number of amidine groups is 1. The minimum Gasteiger partial charge on any atom is -0.493 e. The van der Waals surface area contributed by atoms with Crippen molar-refractivity contribution in [1.29, 1.82) is 0 Å². The number of ether oxygens (including phenoxy) is 4. The van der Waals surface area contributed by atoms with Crippen molar-refractivity contribution >= 4 is 79.4 Å². The molecule has 1 amide bonds. The highest BCUT2D eigenvalue weighted by molar-refractivity contribution is 9.10. The van der Waals surface area contributed by atoms with Crippen LogP contribution in [-0.2, 0) is 18.0 Å². The standard InChI is InChI=1S/C39H31BrCl2N2O5S/c1-3-47-35-21-27(19-32(40)37(35)49-24-26-9-18-33(34(20-26)46-2)48-23-25-7-5-4-6-8-25)22-36-38(45)44(31-16-12-29(42)13-17-31)39(50-36)43-30-14-10-28(41)11-15-30/h4-22H,3,23-24H2,1-2H3/b36-22+,43-39?. The number of amides is 1. The number of thioether (sulfide) groups is 1. The smallest absolute Gasteiger partial charge is 0.271 e. The summed E-state index contributed by atoms with van der Waals surface area (Å²) in [6.45, 7) is 3.00. The molecule has 7 nitrogen and oxygen atoms in total. The zero-order valence-electron chi connectivity index (χ0n) is 27.1. The van der Waals surface area contributed by atoms with E-state index < -0.39 is 0 Å². The van der Waals surface area contributed by atoms with Crippen LogP contribution in [0.1, 0.15) is 23.6 Å². The molecule has 0 radical (unpaired) electrons. The van der Waals surface area contributed by atoms with Crippen molar-refractivity contribution in [1.82, 2.24) is 0 Å². The fourth-order valence-corrected chi connectivity index (χ4v) is 6.86. The molecule has 5 aromatic carbocycles. The summed E-state index contributed by atoms with van der Waals surface area (Å²) in [5.41, 5.74) is 4.01. The monoisotopic (exact) mass is 788 g/mol. The van der Waals surface area contributed by atoms with E-state index in [0.717, 1.165) is 16.7 Å². The number of benzene rings is 5. The normalized spacial score (nSPS) is 14.3. The molecule has 0 unspecified atom stereocenters. The number of nitrogens with zero attached hydrogens (tertiary/aromatic N) is 2. The Morgan fingerprint density at radius 1 is 0.780 bits per heavy atom. The molecular formula is C39H31BrCl2N2O5S. The number of carbonyl (C=O) groups is 1. The van der Waals surface area contributed by atoms with E-state index in [2.05, 4.69) is 15.9 Å². The van der Waals surface area contributed by atoms with Crippen LogP contribution in [0.25, 0.3) is 6.08 Å². The summed E-state index contributed by atoms with van der Waals surface area (Å²) in [4.78, 5) is 20.7. The van der Waals surface area contributed by atoms with Gasteiger partial charge in [0.1, 0.15) is 13.2 Å². The maximum absolute atomic E-state index is 13.9. The fourth-order valence-electron chi connectivity index (χ4n) is 5.03. The SMILES string of the molecule is CCOc1cc(/C=C2/SC(=Nc3ccc(Cl)cc3)N(c3ccc(Cl)cc3)C2=O)cc(Br)c1OCc1ccc(OCc2ccccc2)c(OC)c1. The van der Waals surface area contributed by atoms with Crippen LogP contribution >= 0.6 is 50.9 Å². The van der Waals surface area contributed by atoms with Crippen LogP contribution in [0, 0.1) is 0 Å². The summed E-state index contributed by atoms with van der Waals surface area (Å²) in [7, 11) is 1.61. The number of hydrogen-bond donors (Lipinski definition) is 0. The minimum absolute atomic E-state index is 0.218. The van der Waals surface area contributed by atoms with Crippen molar-refractivity contribution in [3.05, 3.63) is 145 Å². The molecule has 1 heterocycles. The van der Waals surface area contributed by atoms with Crippen LogP contribution in [0.3, 0.4) is 0 Å². The zero-order chi connectivity index (χ0) is 35.0. The Hall–Kier alpha value is -4.41. The lowest BCUT2D eigenvalue weighted by Crippen LogP contribution is -2.28. The number of methoxy groups -OCH3 is 1. The van der Waals surface area contributed by atoms with Gasteiger partial charge in [0.2, 0.25) is 0 Å². The molecule has 11 heteroatoms. The minimum atomic E-state index is -0.218. The van der Waals surface area contributed by atoms with E-state index in [9.17, 15) is 4.79 Å². The average Bonchev–Trinajstić information content (AvgIpc) is 3.42. The number of anilines is 1. The molecule has 0 bridgehead atoms. The Morgan fingerprint density at radius 3 is 2.18 bits per heavy atom. The highest BCUT2D eigenvalue weighted by atomic mass is 79.9. The number of hydrogen-bond acceptors (Lipinski definition) is 7. The molecule has 0 N–H and O–H groups in total. The predicted octanol–water partition coefficient (Wildman–Crippen LogP) is 11.1. The first-order valence-electron chi connectivity index (χ1n) is 15.6. The quantitative estimate of drug-likeness (QED) is 0.117. The molecular weight excluding hydrogens is 759 g/mol. The molecule has 6 rings (SSSR count). The Labute approximate surface area is 313 Å². The van der Waals surface area contributed by atoms with Crippen molar-refractivity contribution in [3.8, 4) is 23.0 Å². The molecule has 1 saturated heterocycles. The summed E-state index contributed by atoms with van der Waals surface area (Å²) >= 11 is 17.2. The molecule has 50 heavy (non-hydrogen) atoms. The Bertz CT molecular complexity index is 2040. The number of aliphatic imine (C=N–C) groups is 1. The van der Waals surface area contributed by atoms with Crippen LogP contribution in [-0.4, -0.2) is 24.8 Å². The maximum atomic E-state index is 13.9. The number of carbonyl (C=O) groups excluding carboxylic acids is 1. The fraction of sp³-hybridized carbons (Fsp3) is 0.128. The first-order valence-corrected chi connectivity index (χ1v) is 17.9. The highest BCUT2D eigenvalue weighted by Crippen LogP contribution is 2.42. The lowest BCUT2D eigenvalue weighted by molar-refractivity contribution is -0.113. The predicted molar refractivity (Wildman–Crippen MR) is 206 cm³/mol. The van der Waals surface area contributed by atoms with Crippen LogP contribution in [0.5, 0.6) is 23.0 Å². The van der Waals surface area contributed by atoms with E-state index in [-0.39, 0.29) is 12.5 Å². The van der Waals surface area contributed by atoms with Crippen molar-refractivity contribution in [2.24, 2.45) is 4.99 Å². The molecule has 5 aromatic rings. The van der Waals surface area contributed by atoms with Gasteiger partial charge in [-0.3, -0.25) is 9.69 Å². The summed E-state index contributed by atoms with van der Waals surface area (Å²) < 4.78 is 24.6.